The number of rotatable bonds is 8. The average molecular weight is 459 g/mol. The zero-order chi connectivity index (χ0) is 23.4. The van der Waals surface area contributed by atoms with Gasteiger partial charge in [0.05, 0.1) is 11.8 Å². The number of aromatic nitrogens is 2. The van der Waals surface area contributed by atoms with Crippen molar-refractivity contribution < 1.29 is 13.2 Å². The average Bonchev–Trinajstić information content (AvgIpc) is 3.26. The van der Waals surface area contributed by atoms with E-state index in [0.717, 1.165) is 26.3 Å². The molecular formula is C27H26N2O3S. The van der Waals surface area contributed by atoms with Crippen molar-refractivity contribution >= 4 is 10.0 Å². The Morgan fingerprint density at radius 3 is 2.15 bits per heavy atom. The molecule has 0 aliphatic heterocycles. The zero-order valence-corrected chi connectivity index (χ0v) is 19.5. The lowest BCUT2D eigenvalue weighted by molar-refractivity contribution is 0.293. The van der Waals surface area contributed by atoms with Gasteiger partial charge in [0.25, 0.3) is 10.0 Å². The van der Waals surface area contributed by atoms with E-state index in [-0.39, 0.29) is 12.5 Å². The molecular weight excluding hydrogens is 432 g/mol. The maximum absolute atomic E-state index is 13.5. The maximum Gasteiger partial charge on any atom is 0.264 e. The molecule has 0 aliphatic rings. The van der Waals surface area contributed by atoms with Crippen LogP contribution in [0.5, 0.6) is 5.88 Å². The summed E-state index contributed by atoms with van der Waals surface area (Å²) in [6, 6.07) is 24.9. The molecule has 6 heteroatoms. The summed E-state index contributed by atoms with van der Waals surface area (Å²) < 4.78 is 34.1. The van der Waals surface area contributed by atoms with Crippen molar-refractivity contribution in [1.29, 1.82) is 0 Å². The molecule has 4 rings (SSSR count). The Balaban J connectivity index is 1.75. The summed E-state index contributed by atoms with van der Waals surface area (Å²) in [4.78, 5) is 0. The molecule has 1 aromatic heterocycles. The van der Waals surface area contributed by atoms with Crippen LogP contribution in [0, 0.1) is 13.8 Å². The molecule has 0 aliphatic carbocycles. The van der Waals surface area contributed by atoms with E-state index in [4.69, 9.17) is 4.74 Å². The highest BCUT2D eigenvalue weighted by Crippen LogP contribution is 2.33. The van der Waals surface area contributed by atoms with E-state index in [1.54, 1.807) is 12.1 Å². The first kappa shape index (κ1) is 22.6. The quantitative estimate of drug-likeness (QED) is 0.311. The molecule has 0 fully saturated rings. The fourth-order valence-corrected chi connectivity index (χ4v) is 4.95. The van der Waals surface area contributed by atoms with E-state index in [1.165, 1.54) is 12.3 Å². The molecule has 0 spiro atoms. The van der Waals surface area contributed by atoms with Crippen molar-refractivity contribution in [2.75, 3.05) is 0 Å². The minimum absolute atomic E-state index is 0.262. The van der Waals surface area contributed by atoms with Gasteiger partial charge in [0, 0.05) is 0 Å². The third kappa shape index (κ3) is 4.91. The van der Waals surface area contributed by atoms with Gasteiger partial charge in [-0.15, -0.1) is 11.7 Å². The molecule has 33 heavy (non-hydrogen) atoms. The van der Waals surface area contributed by atoms with Crippen LogP contribution in [-0.4, -0.2) is 17.6 Å². The smallest absolute Gasteiger partial charge is 0.264 e. The Morgan fingerprint density at radius 2 is 1.55 bits per heavy atom. The van der Waals surface area contributed by atoms with Gasteiger partial charge in [0.1, 0.15) is 11.9 Å². The largest absolute Gasteiger partial charge is 0.471 e. The molecule has 0 N–H and O–H groups in total. The molecule has 0 bridgehead atoms. The molecule has 0 saturated heterocycles. The normalized spacial score (nSPS) is 12.3. The first-order valence-corrected chi connectivity index (χ1v) is 12.2. The molecule has 1 heterocycles. The van der Waals surface area contributed by atoms with Gasteiger partial charge < -0.3 is 4.74 Å². The predicted molar refractivity (Wildman–Crippen MR) is 132 cm³/mol. The molecule has 0 radical (unpaired) electrons. The van der Waals surface area contributed by atoms with Crippen LogP contribution in [0.25, 0.3) is 11.1 Å². The van der Waals surface area contributed by atoms with Crippen LogP contribution in [-0.2, 0) is 16.6 Å². The zero-order valence-electron chi connectivity index (χ0n) is 18.7. The van der Waals surface area contributed by atoms with Gasteiger partial charge in [-0.2, -0.15) is 4.09 Å². The number of nitrogens with zero attached hydrogens (tertiary/aromatic N) is 2. The van der Waals surface area contributed by atoms with Gasteiger partial charge in [-0.1, -0.05) is 96.1 Å². The Bertz CT molecular complexity index is 1340. The van der Waals surface area contributed by atoms with E-state index in [9.17, 15) is 8.42 Å². The van der Waals surface area contributed by atoms with Crippen molar-refractivity contribution in [2.45, 2.75) is 25.7 Å². The van der Waals surface area contributed by atoms with Crippen molar-refractivity contribution in [3.05, 3.63) is 120 Å². The number of ether oxygens (including phenoxy) is 1. The Hall–Kier alpha value is -3.64. The highest BCUT2D eigenvalue weighted by molar-refractivity contribution is 7.90. The highest BCUT2D eigenvalue weighted by Gasteiger charge is 2.29. The monoisotopic (exact) mass is 458 g/mol. The molecule has 168 valence electrons. The second-order valence-corrected chi connectivity index (χ2v) is 9.88. The molecule has 3 aromatic carbocycles. The van der Waals surface area contributed by atoms with Crippen LogP contribution in [0.15, 0.2) is 97.7 Å². The molecule has 1 atom stereocenters. The highest BCUT2D eigenvalue weighted by atomic mass is 32.2. The maximum atomic E-state index is 13.5. The van der Waals surface area contributed by atoms with Crippen molar-refractivity contribution in [3.8, 4) is 17.0 Å². The molecule has 4 aromatic rings. The fourth-order valence-electron chi connectivity index (χ4n) is 3.53. The van der Waals surface area contributed by atoms with E-state index in [0.29, 0.717) is 11.1 Å². The van der Waals surface area contributed by atoms with Crippen molar-refractivity contribution in [3.63, 3.8) is 0 Å². The predicted octanol–water partition coefficient (Wildman–Crippen LogP) is 5.85. The summed E-state index contributed by atoms with van der Waals surface area (Å²) in [6.45, 7) is 8.01. The van der Waals surface area contributed by atoms with Crippen LogP contribution in [0.4, 0.5) is 0 Å². The van der Waals surface area contributed by atoms with Crippen LogP contribution < -0.4 is 4.74 Å². The first-order valence-electron chi connectivity index (χ1n) is 10.7. The summed E-state index contributed by atoms with van der Waals surface area (Å²) in [5.74, 6) is 0.262. The Morgan fingerprint density at radius 1 is 0.939 bits per heavy atom. The molecule has 1 unspecified atom stereocenters. The summed E-state index contributed by atoms with van der Waals surface area (Å²) in [5.41, 5.74) is 5.20. The van der Waals surface area contributed by atoms with E-state index < -0.39 is 15.3 Å². The fraction of sp³-hybridized carbons (Fsp3) is 0.148. The summed E-state index contributed by atoms with van der Waals surface area (Å²) in [5, 5.41) is 3.43. The van der Waals surface area contributed by atoms with Gasteiger partial charge in [0.15, 0.2) is 0 Å². The first-order chi connectivity index (χ1) is 15.9. The van der Waals surface area contributed by atoms with Gasteiger partial charge in [-0.3, -0.25) is 0 Å². The lowest BCUT2D eigenvalue weighted by Gasteiger charge is -2.14. The van der Waals surface area contributed by atoms with Gasteiger partial charge in [-0.25, -0.2) is 8.42 Å². The van der Waals surface area contributed by atoms with Gasteiger partial charge in [-0.05, 0) is 30.5 Å². The van der Waals surface area contributed by atoms with Crippen LogP contribution in [0.1, 0.15) is 27.5 Å². The topological polar surface area (TPSA) is 61.2 Å². The molecule has 5 nitrogen and oxygen atoms in total. The van der Waals surface area contributed by atoms with Gasteiger partial charge >= 0.3 is 0 Å². The lowest BCUT2D eigenvalue weighted by Crippen LogP contribution is -2.20. The molecule has 0 amide bonds. The second kappa shape index (κ2) is 9.46. The Kier molecular flexibility index (Phi) is 6.47. The Labute approximate surface area is 195 Å². The summed E-state index contributed by atoms with van der Waals surface area (Å²) >= 11 is 0. The lowest BCUT2D eigenvalue weighted by atomic mass is 10.1. The minimum atomic E-state index is -3.91. The van der Waals surface area contributed by atoms with Crippen LogP contribution in [0.2, 0.25) is 0 Å². The van der Waals surface area contributed by atoms with Crippen LogP contribution in [0.3, 0.4) is 0 Å². The number of hydrogen-bond donors (Lipinski definition) is 0. The minimum Gasteiger partial charge on any atom is -0.471 e. The number of aryl methyl sites for hydroxylation is 2. The second-order valence-electron chi connectivity index (χ2n) is 7.97. The van der Waals surface area contributed by atoms with Gasteiger partial charge in [0.2, 0.25) is 5.88 Å². The van der Waals surface area contributed by atoms with Crippen molar-refractivity contribution in [1.82, 2.24) is 9.19 Å². The summed E-state index contributed by atoms with van der Waals surface area (Å²) in [7, 11) is -3.91. The summed E-state index contributed by atoms with van der Waals surface area (Å²) in [6.07, 6.45) is 2.95. The standard InChI is InChI=1S/C27H26N2O3S/c1-4-26(24-16-12-21(3)13-17-24)33(30,31)29-18-25(23-14-10-20(2)11-15-23)27(28-29)32-19-22-8-6-5-7-9-22/h4-18,26H,1,19H2,2-3H3. The third-order valence-corrected chi connectivity index (χ3v) is 7.26. The SMILES string of the molecule is C=CC(c1ccc(C)cc1)S(=O)(=O)n1cc(-c2ccc(C)cc2)c(OCc2ccccc2)n1. The molecule has 0 saturated carbocycles. The van der Waals surface area contributed by atoms with Crippen molar-refractivity contribution in [2.24, 2.45) is 0 Å². The number of hydrogen-bond acceptors (Lipinski definition) is 4. The van der Waals surface area contributed by atoms with E-state index >= 15 is 0 Å². The third-order valence-electron chi connectivity index (χ3n) is 5.44. The van der Waals surface area contributed by atoms with Crippen LogP contribution >= 0.6 is 0 Å². The van der Waals surface area contributed by atoms with E-state index in [1.807, 2.05) is 80.6 Å². The van der Waals surface area contributed by atoms with E-state index in [2.05, 4.69) is 11.7 Å². The number of benzene rings is 3.